The van der Waals surface area contributed by atoms with Crippen molar-refractivity contribution in [3.05, 3.63) is 56.8 Å². The molecular weight excluding hydrogens is 342 g/mol. The van der Waals surface area contributed by atoms with Crippen molar-refractivity contribution in [3.63, 3.8) is 0 Å². The smallest absolute Gasteiger partial charge is 0.345 e. The minimum Gasteiger partial charge on any atom is -0.487 e. The average molecular weight is 369 g/mol. The van der Waals surface area contributed by atoms with Crippen LogP contribution in [0.2, 0.25) is 0 Å². The Morgan fingerprint density at radius 3 is 2.78 bits per heavy atom. The molecule has 0 saturated heterocycles. The van der Waals surface area contributed by atoms with Crippen molar-refractivity contribution in [1.29, 1.82) is 0 Å². The van der Waals surface area contributed by atoms with Crippen molar-refractivity contribution in [1.82, 2.24) is 15.3 Å². The third kappa shape index (κ3) is 4.38. The Balaban J connectivity index is 1.72. The lowest BCUT2D eigenvalue weighted by Crippen LogP contribution is -2.41. The molecule has 1 aliphatic heterocycles. The molecule has 0 saturated carbocycles. The predicted molar refractivity (Wildman–Crippen MR) is 104 cm³/mol. The number of nitrogens with zero attached hydrogens (tertiary/aromatic N) is 1. The maximum absolute atomic E-state index is 12.6. The normalized spacial score (nSPS) is 17.7. The quantitative estimate of drug-likeness (QED) is 0.868. The van der Waals surface area contributed by atoms with E-state index >= 15 is 0 Å². The van der Waals surface area contributed by atoms with E-state index in [9.17, 15) is 9.59 Å². The van der Waals surface area contributed by atoms with Crippen LogP contribution in [-0.4, -0.2) is 21.5 Å². The van der Waals surface area contributed by atoms with E-state index in [-0.39, 0.29) is 23.2 Å². The first-order valence-corrected chi connectivity index (χ1v) is 9.30. The number of hydrogen-bond donors (Lipinski definition) is 2. The molecule has 1 aliphatic rings. The molecule has 27 heavy (non-hydrogen) atoms. The van der Waals surface area contributed by atoms with Gasteiger partial charge in [0.1, 0.15) is 11.4 Å². The summed E-state index contributed by atoms with van der Waals surface area (Å²) < 4.78 is 6.09. The summed E-state index contributed by atoms with van der Waals surface area (Å²) in [6.07, 6.45) is 1.60. The van der Waals surface area contributed by atoms with E-state index < -0.39 is 0 Å². The van der Waals surface area contributed by atoms with Gasteiger partial charge in [-0.2, -0.15) is 4.98 Å². The molecule has 6 heteroatoms. The summed E-state index contributed by atoms with van der Waals surface area (Å²) in [5.74, 6) is 0.822. The number of H-pyrrole nitrogens is 1. The molecule has 2 heterocycles. The first-order chi connectivity index (χ1) is 12.6. The van der Waals surface area contributed by atoms with Crippen LogP contribution >= 0.6 is 0 Å². The van der Waals surface area contributed by atoms with Gasteiger partial charge >= 0.3 is 5.69 Å². The molecular formula is C21H27N3O3. The molecule has 0 fully saturated rings. The molecule has 0 unspecified atom stereocenters. The van der Waals surface area contributed by atoms with Gasteiger partial charge in [-0.15, -0.1) is 0 Å². The Morgan fingerprint density at radius 1 is 1.33 bits per heavy atom. The average Bonchev–Trinajstić information content (AvgIpc) is 2.52. The molecule has 0 bridgehead atoms. The van der Waals surface area contributed by atoms with Crippen LogP contribution in [0.25, 0.3) is 0 Å². The number of carbonyl (C=O) groups excluding carboxylic acids is 1. The molecule has 1 aromatic heterocycles. The zero-order valence-corrected chi connectivity index (χ0v) is 16.6. The van der Waals surface area contributed by atoms with Gasteiger partial charge in [-0.05, 0) is 58.2 Å². The number of benzene rings is 1. The Labute approximate surface area is 159 Å². The summed E-state index contributed by atoms with van der Waals surface area (Å²) in [6, 6.07) is 6.02. The minimum absolute atomic E-state index is 0.0192. The number of ether oxygens (including phenoxy) is 1. The SMILES string of the molecule is Cc1ccc2c(c1)OC(C)(C)C[C@@H]2NC(=O)CCc1c(C)nc(=O)[nH]c1C. The highest BCUT2D eigenvalue weighted by Gasteiger charge is 2.34. The highest BCUT2D eigenvalue weighted by atomic mass is 16.5. The van der Waals surface area contributed by atoms with E-state index in [1.165, 1.54) is 0 Å². The summed E-state index contributed by atoms with van der Waals surface area (Å²) in [7, 11) is 0. The largest absolute Gasteiger partial charge is 0.487 e. The summed E-state index contributed by atoms with van der Waals surface area (Å²) in [5, 5.41) is 3.16. The van der Waals surface area contributed by atoms with Crippen molar-refractivity contribution < 1.29 is 9.53 Å². The van der Waals surface area contributed by atoms with Crippen molar-refractivity contribution in [2.45, 2.75) is 65.5 Å². The lowest BCUT2D eigenvalue weighted by atomic mass is 9.89. The Hall–Kier alpha value is -2.63. The lowest BCUT2D eigenvalue weighted by Gasteiger charge is -2.38. The number of nitrogens with one attached hydrogen (secondary N) is 2. The molecule has 1 atom stereocenters. The van der Waals surface area contributed by atoms with E-state index in [0.717, 1.165) is 28.1 Å². The van der Waals surface area contributed by atoms with E-state index in [2.05, 4.69) is 15.3 Å². The third-order valence-corrected chi connectivity index (χ3v) is 5.02. The van der Waals surface area contributed by atoms with Crippen molar-refractivity contribution in [2.24, 2.45) is 0 Å². The highest BCUT2D eigenvalue weighted by Crippen LogP contribution is 2.39. The number of rotatable bonds is 4. The molecule has 2 N–H and O–H groups in total. The number of fused-ring (bicyclic) bond motifs is 1. The Bertz CT molecular complexity index is 905. The van der Waals surface area contributed by atoms with Crippen LogP contribution in [0.3, 0.4) is 0 Å². The second-order valence-electron chi connectivity index (χ2n) is 7.96. The van der Waals surface area contributed by atoms with Gasteiger partial charge in [0.2, 0.25) is 5.91 Å². The number of aromatic amines is 1. The molecule has 3 rings (SSSR count). The molecule has 6 nitrogen and oxygen atoms in total. The van der Waals surface area contributed by atoms with Gasteiger partial charge in [-0.3, -0.25) is 4.79 Å². The Morgan fingerprint density at radius 2 is 2.07 bits per heavy atom. The topological polar surface area (TPSA) is 84.1 Å². The standard InChI is InChI=1S/C21H27N3O3/c1-12-6-7-16-17(11-21(4,5)27-18(16)10-12)24-19(25)9-8-15-13(2)22-20(26)23-14(15)3/h6-7,10,17H,8-9,11H2,1-5H3,(H,24,25)(H,22,23,26)/t17-/m0/s1. The van der Waals surface area contributed by atoms with Gasteiger partial charge in [0.25, 0.3) is 0 Å². The Kier molecular flexibility index (Phi) is 5.09. The fraction of sp³-hybridized carbons (Fsp3) is 0.476. The molecule has 1 aromatic carbocycles. The molecule has 1 amide bonds. The number of hydrogen-bond acceptors (Lipinski definition) is 4. The zero-order chi connectivity index (χ0) is 19.8. The summed E-state index contributed by atoms with van der Waals surface area (Å²) in [5.41, 5.74) is 3.83. The number of amides is 1. The number of carbonyl (C=O) groups is 1. The molecule has 0 aliphatic carbocycles. The van der Waals surface area contributed by atoms with E-state index in [4.69, 9.17) is 4.74 Å². The summed E-state index contributed by atoms with van der Waals surface area (Å²) >= 11 is 0. The molecule has 0 spiro atoms. The lowest BCUT2D eigenvalue weighted by molar-refractivity contribution is -0.122. The number of aromatic nitrogens is 2. The minimum atomic E-state index is -0.352. The fourth-order valence-electron chi connectivity index (χ4n) is 3.72. The van der Waals surface area contributed by atoms with E-state index in [0.29, 0.717) is 25.0 Å². The zero-order valence-electron chi connectivity index (χ0n) is 16.6. The monoisotopic (exact) mass is 369 g/mol. The van der Waals surface area contributed by atoms with Crippen molar-refractivity contribution in [3.8, 4) is 5.75 Å². The maximum Gasteiger partial charge on any atom is 0.345 e. The highest BCUT2D eigenvalue weighted by molar-refractivity contribution is 5.77. The van der Waals surface area contributed by atoms with Crippen LogP contribution in [0.4, 0.5) is 0 Å². The van der Waals surface area contributed by atoms with Crippen LogP contribution in [-0.2, 0) is 11.2 Å². The first kappa shape index (κ1) is 19.1. The van der Waals surface area contributed by atoms with Crippen LogP contribution in [0.15, 0.2) is 23.0 Å². The van der Waals surface area contributed by atoms with Gasteiger partial charge in [0.15, 0.2) is 0 Å². The second kappa shape index (κ2) is 7.18. The van der Waals surface area contributed by atoms with Crippen LogP contribution < -0.4 is 15.7 Å². The van der Waals surface area contributed by atoms with E-state index in [1.807, 2.05) is 45.9 Å². The second-order valence-corrected chi connectivity index (χ2v) is 7.96. The molecule has 2 aromatic rings. The van der Waals surface area contributed by atoms with Gasteiger partial charge in [-0.25, -0.2) is 4.79 Å². The molecule has 0 radical (unpaired) electrons. The maximum atomic E-state index is 12.6. The van der Waals surface area contributed by atoms with Crippen molar-refractivity contribution in [2.75, 3.05) is 0 Å². The van der Waals surface area contributed by atoms with Gasteiger partial charge in [0.05, 0.1) is 6.04 Å². The summed E-state index contributed by atoms with van der Waals surface area (Å²) in [6.45, 7) is 9.74. The predicted octanol–water partition coefficient (Wildman–Crippen LogP) is 3.05. The fourth-order valence-corrected chi connectivity index (χ4v) is 3.72. The van der Waals surface area contributed by atoms with Crippen LogP contribution in [0, 0.1) is 20.8 Å². The van der Waals surface area contributed by atoms with Crippen LogP contribution in [0.5, 0.6) is 5.75 Å². The van der Waals surface area contributed by atoms with Crippen LogP contribution in [0.1, 0.15) is 60.8 Å². The molecule has 144 valence electrons. The third-order valence-electron chi connectivity index (χ3n) is 5.02. The van der Waals surface area contributed by atoms with E-state index in [1.54, 1.807) is 6.92 Å². The van der Waals surface area contributed by atoms with Gasteiger partial charge < -0.3 is 15.0 Å². The number of aryl methyl sites for hydroxylation is 3. The first-order valence-electron chi connectivity index (χ1n) is 9.30. The van der Waals surface area contributed by atoms with Gasteiger partial charge in [0, 0.05) is 29.8 Å². The summed E-state index contributed by atoms with van der Waals surface area (Å²) in [4.78, 5) is 30.7. The van der Waals surface area contributed by atoms with Crippen molar-refractivity contribution >= 4 is 5.91 Å². The van der Waals surface area contributed by atoms with Gasteiger partial charge in [-0.1, -0.05) is 12.1 Å².